The molecule has 0 bridgehead atoms. The number of fused-ring (bicyclic) bond motifs is 6. The zero-order chi connectivity index (χ0) is 34.3. The van der Waals surface area contributed by atoms with Crippen LogP contribution in [0.4, 0.5) is 8.78 Å². The SMILES string of the molecule is CC1(c2ccccc2)c2cc(F)ccc2-c2ccc(P(=O)(c3ccccc3)c3ccc4c(c3)C(C)(c3ccccc3)c3cc(F)ccc3-4)cc21. The first kappa shape index (κ1) is 30.7. The Bertz CT molecular complexity index is 2360. The monoisotopic (exact) mass is 670 g/mol. The lowest BCUT2D eigenvalue weighted by Crippen LogP contribution is -2.29. The molecule has 242 valence electrons. The third-order valence-electron chi connectivity index (χ3n) is 11.3. The molecule has 0 aliphatic heterocycles. The molecule has 0 radical (unpaired) electrons. The minimum atomic E-state index is -3.49. The van der Waals surface area contributed by atoms with E-state index in [0.717, 1.165) is 60.9 Å². The first-order chi connectivity index (χ1) is 24.2. The van der Waals surface area contributed by atoms with Crippen LogP contribution in [0.5, 0.6) is 0 Å². The number of halogens is 2. The van der Waals surface area contributed by atoms with E-state index in [2.05, 4.69) is 62.4 Å². The molecule has 0 aromatic heterocycles. The van der Waals surface area contributed by atoms with Crippen LogP contribution in [0, 0.1) is 11.6 Å². The zero-order valence-electron chi connectivity index (χ0n) is 27.7. The Kier molecular flexibility index (Phi) is 6.79. The summed E-state index contributed by atoms with van der Waals surface area (Å²) in [6.07, 6.45) is 0. The highest BCUT2D eigenvalue weighted by atomic mass is 31.2. The van der Waals surface area contributed by atoms with Gasteiger partial charge in [0, 0.05) is 26.7 Å². The normalized spacial score (nSPS) is 19.6. The fourth-order valence-electron chi connectivity index (χ4n) is 8.62. The zero-order valence-corrected chi connectivity index (χ0v) is 28.6. The fourth-order valence-corrected chi connectivity index (χ4v) is 11.3. The Morgan fingerprint density at radius 1 is 0.400 bits per heavy atom. The van der Waals surface area contributed by atoms with Crippen molar-refractivity contribution in [1.82, 2.24) is 0 Å². The molecule has 7 aromatic rings. The van der Waals surface area contributed by atoms with Crippen molar-refractivity contribution in [2.75, 3.05) is 0 Å². The second kappa shape index (κ2) is 11.1. The van der Waals surface area contributed by atoms with Crippen LogP contribution in [0.3, 0.4) is 0 Å². The molecule has 0 fully saturated rings. The molecule has 2 aliphatic carbocycles. The van der Waals surface area contributed by atoms with Gasteiger partial charge in [-0.3, -0.25) is 0 Å². The second-order valence-electron chi connectivity index (χ2n) is 13.8. The van der Waals surface area contributed by atoms with Gasteiger partial charge in [0.1, 0.15) is 11.6 Å². The Labute approximate surface area is 291 Å². The van der Waals surface area contributed by atoms with E-state index in [4.69, 9.17) is 0 Å². The minimum Gasteiger partial charge on any atom is -0.309 e. The molecule has 50 heavy (non-hydrogen) atoms. The lowest BCUT2D eigenvalue weighted by molar-refractivity contribution is 0.592. The topological polar surface area (TPSA) is 17.1 Å². The van der Waals surface area contributed by atoms with Gasteiger partial charge >= 0.3 is 0 Å². The summed E-state index contributed by atoms with van der Waals surface area (Å²) in [5.41, 5.74) is 8.52. The highest BCUT2D eigenvalue weighted by molar-refractivity contribution is 7.85. The summed E-state index contributed by atoms with van der Waals surface area (Å²) in [6, 6.07) is 52.4. The molecule has 1 nitrogen and oxygen atoms in total. The molecule has 2 atom stereocenters. The highest BCUT2D eigenvalue weighted by Gasteiger charge is 2.45. The van der Waals surface area contributed by atoms with Crippen LogP contribution in [-0.4, -0.2) is 0 Å². The molecule has 0 amide bonds. The fraction of sp³-hybridized carbons (Fsp3) is 0.0870. The Balaban J connectivity index is 1.30. The van der Waals surface area contributed by atoms with Crippen LogP contribution < -0.4 is 15.9 Å². The van der Waals surface area contributed by atoms with Crippen molar-refractivity contribution in [3.63, 3.8) is 0 Å². The molecule has 2 aliphatic rings. The van der Waals surface area contributed by atoms with Crippen LogP contribution in [-0.2, 0) is 15.4 Å². The van der Waals surface area contributed by atoms with Crippen molar-refractivity contribution in [3.05, 3.63) is 209 Å². The first-order valence-electron chi connectivity index (χ1n) is 16.9. The molecule has 7 aromatic carbocycles. The van der Waals surface area contributed by atoms with E-state index in [1.54, 1.807) is 12.1 Å². The van der Waals surface area contributed by atoms with E-state index >= 15 is 4.57 Å². The maximum absolute atomic E-state index is 16.2. The van der Waals surface area contributed by atoms with Crippen molar-refractivity contribution < 1.29 is 13.3 Å². The van der Waals surface area contributed by atoms with E-state index < -0.39 is 18.0 Å². The van der Waals surface area contributed by atoms with Gasteiger partial charge < -0.3 is 4.57 Å². The van der Waals surface area contributed by atoms with Crippen LogP contribution >= 0.6 is 7.14 Å². The minimum absolute atomic E-state index is 0.283. The van der Waals surface area contributed by atoms with E-state index in [9.17, 15) is 8.78 Å². The number of benzene rings is 7. The molecule has 0 saturated carbocycles. The van der Waals surface area contributed by atoms with E-state index in [1.165, 1.54) is 12.1 Å². The van der Waals surface area contributed by atoms with Gasteiger partial charge in [0.2, 0.25) is 0 Å². The number of hydrogen-bond donors (Lipinski definition) is 0. The predicted molar refractivity (Wildman–Crippen MR) is 201 cm³/mol. The van der Waals surface area contributed by atoms with Gasteiger partial charge in [-0.15, -0.1) is 0 Å². The van der Waals surface area contributed by atoms with Crippen molar-refractivity contribution in [2.24, 2.45) is 0 Å². The maximum Gasteiger partial charge on any atom is 0.171 e. The molecule has 9 rings (SSSR count). The van der Waals surface area contributed by atoms with E-state index in [-0.39, 0.29) is 11.6 Å². The van der Waals surface area contributed by atoms with E-state index in [0.29, 0.717) is 10.6 Å². The van der Waals surface area contributed by atoms with Crippen molar-refractivity contribution >= 4 is 23.1 Å². The Morgan fingerprint density at radius 2 is 0.740 bits per heavy atom. The molecule has 0 N–H and O–H groups in total. The molecule has 0 heterocycles. The lowest BCUT2D eigenvalue weighted by atomic mass is 9.74. The third-order valence-corrected chi connectivity index (χ3v) is 14.3. The van der Waals surface area contributed by atoms with E-state index in [1.807, 2.05) is 91.0 Å². The van der Waals surface area contributed by atoms with Crippen molar-refractivity contribution in [3.8, 4) is 22.3 Å². The number of hydrogen-bond acceptors (Lipinski definition) is 1. The molecule has 4 heteroatoms. The van der Waals surface area contributed by atoms with Gasteiger partial charge in [0.05, 0.1) is 0 Å². The first-order valence-corrected chi connectivity index (χ1v) is 18.6. The summed E-state index contributed by atoms with van der Waals surface area (Å²) in [7, 11) is -3.49. The Morgan fingerprint density at radius 3 is 1.14 bits per heavy atom. The van der Waals surface area contributed by atoms with Gasteiger partial charge in [-0.05, 0) is 106 Å². The van der Waals surface area contributed by atoms with Gasteiger partial charge in [-0.25, -0.2) is 8.78 Å². The molecule has 0 spiro atoms. The summed E-state index contributed by atoms with van der Waals surface area (Å²) in [5.74, 6) is -0.566. The van der Waals surface area contributed by atoms with Gasteiger partial charge in [-0.2, -0.15) is 0 Å². The average Bonchev–Trinajstić information content (AvgIpc) is 3.57. The predicted octanol–water partition coefficient (Wildman–Crippen LogP) is 10.3. The summed E-state index contributed by atoms with van der Waals surface area (Å²) < 4.78 is 46.1. The summed E-state index contributed by atoms with van der Waals surface area (Å²) in [5, 5.41) is 2.15. The second-order valence-corrected chi connectivity index (χ2v) is 16.5. The average molecular weight is 671 g/mol. The van der Waals surface area contributed by atoms with Crippen LogP contribution in [0.25, 0.3) is 22.3 Å². The third kappa shape index (κ3) is 4.20. The molecule has 0 saturated heterocycles. The molecular weight excluding hydrogens is 637 g/mol. The maximum atomic E-state index is 16.2. The lowest BCUT2D eigenvalue weighted by Gasteiger charge is -2.30. The van der Waals surface area contributed by atoms with Gasteiger partial charge in [-0.1, -0.05) is 127 Å². The standard InChI is InChI=1S/C46H33F2OP/c1-45(30-12-6-3-7-13-30)41-26-32(47)18-22-37(41)39-24-20-35(28-43(39)45)50(49,34-16-10-5-11-17-34)36-21-25-40-38-23-19-33(48)27-42(38)46(2,44(40)29-36)31-14-8-4-9-15-31/h3-29H,1-2H3. The highest BCUT2D eigenvalue weighted by Crippen LogP contribution is 2.56. The Hall–Kier alpha value is -5.37. The van der Waals surface area contributed by atoms with Crippen molar-refractivity contribution in [2.45, 2.75) is 24.7 Å². The summed E-state index contributed by atoms with van der Waals surface area (Å²) >= 11 is 0. The summed E-state index contributed by atoms with van der Waals surface area (Å²) in [6.45, 7) is 4.28. The van der Waals surface area contributed by atoms with Crippen LogP contribution in [0.2, 0.25) is 0 Å². The quantitative estimate of drug-likeness (QED) is 0.167. The van der Waals surface area contributed by atoms with Crippen molar-refractivity contribution in [1.29, 1.82) is 0 Å². The van der Waals surface area contributed by atoms with Gasteiger partial charge in [0.25, 0.3) is 0 Å². The summed E-state index contributed by atoms with van der Waals surface area (Å²) in [4.78, 5) is 0. The van der Waals surface area contributed by atoms with Gasteiger partial charge in [0.15, 0.2) is 7.14 Å². The van der Waals surface area contributed by atoms with Crippen LogP contribution in [0.1, 0.15) is 47.2 Å². The number of rotatable bonds is 5. The molecule has 2 unspecified atom stereocenters. The largest absolute Gasteiger partial charge is 0.309 e. The smallest absolute Gasteiger partial charge is 0.171 e. The molecular formula is C46H33F2OP. The van der Waals surface area contributed by atoms with Crippen LogP contribution in [0.15, 0.2) is 164 Å².